The molecule has 1 N–H and O–H groups in total. The van der Waals surface area contributed by atoms with E-state index in [0.29, 0.717) is 0 Å². The maximum absolute atomic E-state index is 3.56. The second-order valence-corrected chi connectivity index (χ2v) is 4.90. The fourth-order valence-corrected chi connectivity index (χ4v) is 2.56. The zero-order valence-corrected chi connectivity index (χ0v) is 9.47. The molecule has 1 heteroatoms. The highest BCUT2D eigenvalue weighted by molar-refractivity contribution is 4.77. The Bertz CT molecular complexity index is 123. The van der Waals surface area contributed by atoms with Gasteiger partial charge in [-0.25, -0.2) is 0 Å². The van der Waals surface area contributed by atoms with Crippen molar-refractivity contribution in [2.24, 2.45) is 11.8 Å². The SMILES string of the molecule is CCNC1CCC(CC(C)C)CC1. The minimum Gasteiger partial charge on any atom is -0.314 e. The van der Waals surface area contributed by atoms with Crippen molar-refractivity contribution in [2.45, 2.75) is 58.9 Å². The zero-order valence-electron chi connectivity index (χ0n) is 9.47. The van der Waals surface area contributed by atoms with Crippen LogP contribution in [0.25, 0.3) is 0 Å². The Labute approximate surface area is 83.3 Å². The van der Waals surface area contributed by atoms with E-state index in [9.17, 15) is 0 Å². The van der Waals surface area contributed by atoms with Gasteiger partial charge >= 0.3 is 0 Å². The molecule has 0 aromatic rings. The lowest BCUT2D eigenvalue weighted by Crippen LogP contribution is -2.33. The van der Waals surface area contributed by atoms with Crippen LogP contribution in [0, 0.1) is 11.8 Å². The minimum absolute atomic E-state index is 0.827. The van der Waals surface area contributed by atoms with Gasteiger partial charge in [-0.05, 0) is 50.5 Å². The van der Waals surface area contributed by atoms with Crippen LogP contribution in [-0.4, -0.2) is 12.6 Å². The highest BCUT2D eigenvalue weighted by Gasteiger charge is 2.20. The smallest absolute Gasteiger partial charge is 0.00671 e. The Morgan fingerprint density at radius 1 is 1.15 bits per heavy atom. The fraction of sp³-hybridized carbons (Fsp3) is 1.00. The van der Waals surface area contributed by atoms with Gasteiger partial charge in [0.25, 0.3) is 0 Å². The summed E-state index contributed by atoms with van der Waals surface area (Å²) in [5.41, 5.74) is 0. The summed E-state index contributed by atoms with van der Waals surface area (Å²) >= 11 is 0. The monoisotopic (exact) mass is 183 g/mol. The summed E-state index contributed by atoms with van der Waals surface area (Å²) in [6.45, 7) is 8.03. The van der Waals surface area contributed by atoms with Crippen molar-refractivity contribution in [3.8, 4) is 0 Å². The van der Waals surface area contributed by atoms with Crippen LogP contribution >= 0.6 is 0 Å². The highest BCUT2D eigenvalue weighted by Crippen LogP contribution is 2.29. The molecule has 0 aromatic heterocycles. The molecule has 13 heavy (non-hydrogen) atoms. The third kappa shape index (κ3) is 4.12. The zero-order chi connectivity index (χ0) is 9.68. The quantitative estimate of drug-likeness (QED) is 0.706. The minimum atomic E-state index is 0.827. The van der Waals surface area contributed by atoms with Crippen LogP contribution in [0.4, 0.5) is 0 Å². The van der Waals surface area contributed by atoms with Gasteiger partial charge in [-0.3, -0.25) is 0 Å². The van der Waals surface area contributed by atoms with E-state index in [-0.39, 0.29) is 0 Å². The molecule has 0 bridgehead atoms. The molecule has 1 rings (SSSR count). The standard InChI is InChI=1S/C12H25N/c1-4-13-12-7-5-11(6-8-12)9-10(2)3/h10-13H,4-9H2,1-3H3. The van der Waals surface area contributed by atoms with Gasteiger partial charge in [-0.2, -0.15) is 0 Å². The van der Waals surface area contributed by atoms with Crippen LogP contribution in [0.2, 0.25) is 0 Å². The topological polar surface area (TPSA) is 12.0 Å². The lowest BCUT2D eigenvalue weighted by atomic mass is 9.81. The molecule has 0 heterocycles. The molecule has 0 aromatic carbocycles. The Kier molecular flexibility index (Phi) is 4.79. The summed E-state index contributed by atoms with van der Waals surface area (Å²) in [6, 6.07) is 0.827. The van der Waals surface area contributed by atoms with E-state index < -0.39 is 0 Å². The van der Waals surface area contributed by atoms with Crippen LogP contribution in [-0.2, 0) is 0 Å². The van der Waals surface area contributed by atoms with E-state index in [0.717, 1.165) is 24.4 Å². The first kappa shape index (κ1) is 11.0. The number of nitrogens with one attached hydrogen (secondary N) is 1. The summed E-state index contributed by atoms with van der Waals surface area (Å²) < 4.78 is 0. The van der Waals surface area contributed by atoms with Gasteiger partial charge in [-0.1, -0.05) is 20.8 Å². The summed E-state index contributed by atoms with van der Waals surface area (Å²) in [7, 11) is 0. The van der Waals surface area contributed by atoms with Gasteiger partial charge in [0.2, 0.25) is 0 Å². The Hall–Kier alpha value is -0.0400. The fourth-order valence-electron chi connectivity index (χ4n) is 2.56. The molecule has 1 fully saturated rings. The van der Waals surface area contributed by atoms with Crippen molar-refractivity contribution in [3.63, 3.8) is 0 Å². The maximum atomic E-state index is 3.56. The second-order valence-electron chi connectivity index (χ2n) is 4.90. The first-order chi connectivity index (χ1) is 6.22. The first-order valence-electron chi connectivity index (χ1n) is 5.95. The van der Waals surface area contributed by atoms with E-state index >= 15 is 0 Å². The molecule has 0 amide bonds. The molecule has 1 saturated carbocycles. The van der Waals surface area contributed by atoms with Crippen molar-refractivity contribution in [2.75, 3.05) is 6.54 Å². The average Bonchev–Trinajstić information content (AvgIpc) is 2.08. The van der Waals surface area contributed by atoms with Crippen molar-refractivity contribution in [1.82, 2.24) is 5.32 Å². The summed E-state index contributed by atoms with van der Waals surface area (Å²) in [5.74, 6) is 1.91. The molecule has 1 nitrogen and oxygen atoms in total. The van der Waals surface area contributed by atoms with Crippen molar-refractivity contribution >= 4 is 0 Å². The molecule has 1 aliphatic rings. The number of hydrogen-bond donors (Lipinski definition) is 1. The molecule has 0 unspecified atom stereocenters. The maximum Gasteiger partial charge on any atom is 0.00671 e. The van der Waals surface area contributed by atoms with Gasteiger partial charge in [-0.15, -0.1) is 0 Å². The highest BCUT2D eigenvalue weighted by atomic mass is 14.9. The molecule has 1 aliphatic carbocycles. The van der Waals surface area contributed by atoms with Crippen LogP contribution in [0.1, 0.15) is 52.9 Å². The summed E-state index contributed by atoms with van der Waals surface area (Å²) in [4.78, 5) is 0. The molecule has 0 aliphatic heterocycles. The first-order valence-corrected chi connectivity index (χ1v) is 5.95. The van der Waals surface area contributed by atoms with Gasteiger partial charge < -0.3 is 5.32 Å². The van der Waals surface area contributed by atoms with E-state index in [1.807, 2.05) is 0 Å². The van der Waals surface area contributed by atoms with Crippen molar-refractivity contribution in [3.05, 3.63) is 0 Å². The Morgan fingerprint density at radius 3 is 2.23 bits per heavy atom. The van der Waals surface area contributed by atoms with Crippen LogP contribution in [0.5, 0.6) is 0 Å². The molecule has 0 atom stereocenters. The van der Waals surface area contributed by atoms with E-state index in [2.05, 4.69) is 26.1 Å². The van der Waals surface area contributed by atoms with Gasteiger partial charge in [0.05, 0.1) is 0 Å². The van der Waals surface area contributed by atoms with E-state index in [1.54, 1.807) is 0 Å². The van der Waals surface area contributed by atoms with Crippen LogP contribution in [0.3, 0.4) is 0 Å². The molecule has 0 spiro atoms. The van der Waals surface area contributed by atoms with Crippen LogP contribution < -0.4 is 5.32 Å². The molecule has 78 valence electrons. The normalized spacial score (nSPS) is 29.5. The van der Waals surface area contributed by atoms with Crippen molar-refractivity contribution < 1.29 is 0 Å². The van der Waals surface area contributed by atoms with E-state index in [1.165, 1.54) is 32.1 Å². The lowest BCUT2D eigenvalue weighted by molar-refractivity contribution is 0.261. The molecular formula is C12H25N. The molecule has 0 saturated heterocycles. The largest absolute Gasteiger partial charge is 0.314 e. The third-order valence-corrected chi connectivity index (χ3v) is 3.14. The average molecular weight is 183 g/mol. The van der Waals surface area contributed by atoms with Gasteiger partial charge in [0.1, 0.15) is 0 Å². The predicted octanol–water partition coefficient (Wildman–Crippen LogP) is 3.20. The second kappa shape index (κ2) is 5.64. The van der Waals surface area contributed by atoms with Crippen molar-refractivity contribution in [1.29, 1.82) is 0 Å². The summed E-state index contributed by atoms with van der Waals surface area (Å²) in [6.07, 6.45) is 7.17. The Balaban J connectivity index is 2.15. The molecular weight excluding hydrogens is 158 g/mol. The predicted molar refractivity (Wildman–Crippen MR) is 58.9 cm³/mol. The van der Waals surface area contributed by atoms with Gasteiger partial charge in [0.15, 0.2) is 0 Å². The van der Waals surface area contributed by atoms with E-state index in [4.69, 9.17) is 0 Å². The third-order valence-electron chi connectivity index (χ3n) is 3.14. The molecule has 0 radical (unpaired) electrons. The lowest BCUT2D eigenvalue weighted by Gasteiger charge is -2.29. The van der Waals surface area contributed by atoms with Gasteiger partial charge in [0, 0.05) is 6.04 Å². The van der Waals surface area contributed by atoms with Crippen LogP contribution in [0.15, 0.2) is 0 Å². The Morgan fingerprint density at radius 2 is 1.77 bits per heavy atom. The summed E-state index contributed by atoms with van der Waals surface area (Å²) in [5, 5.41) is 3.56. The number of rotatable bonds is 4. The number of hydrogen-bond acceptors (Lipinski definition) is 1.